The molecule has 0 aromatic carbocycles. The van der Waals surface area contributed by atoms with Crippen LogP contribution in [-0.2, 0) is 4.74 Å². The quantitative estimate of drug-likeness (QED) is 0.773. The highest BCUT2D eigenvalue weighted by molar-refractivity contribution is 8.00. The molecule has 0 aliphatic carbocycles. The highest BCUT2D eigenvalue weighted by Crippen LogP contribution is 2.31. The molecular formula is C11H16N2O2S2. The first kappa shape index (κ1) is 12.7. The predicted octanol–water partition coefficient (Wildman–Crippen LogP) is 2.26. The highest BCUT2D eigenvalue weighted by Gasteiger charge is 2.27. The van der Waals surface area contributed by atoms with Gasteiger partial charge in [-0.3, -0.25) is 0 Å². The van der Waals surface area contributed by atoms with E-state index in [4.69, 9.17) is 0 Å². The fraction of sp³-hybridized carbons (Fsp3) is 0.636. The van der Waals surface area contributed by atoms with E-state index in [0.717, 1.165) is 17.4 Å². The van der Waals surface area contributed by atoms with Crippen LogP contribution in [-0.4, -0.2) is 41.7 Å². The first-order chi connectivity index (χ1) is 8.13. The molecule has 2 rings (SSSR count). The van der Waals surface area contributed by atoms with Crippen molar-refractivity contribution in [1.29, 1.82) is 0 Å². The topological polar surface area (TPSA) is 42.4 Å². The highest BCUT2D eigenvalue weighted by atomic mass is 32.2. The SMILES string of the molecule is COC(=O)c1csc(N2CCSC(C)C2C)n1. The summed E-state index contributed by atoms with van der Waals surface area (Å²) in [6, 6.07) is 0.449. The Bertz CT molecular complexity index is 408. The predicted molar refractivity (Wildman–Crippen MR) is 72.2 cm³/mol. The number of methoxy groups -OCH3 is 1. The molecule has 0 radical (unpaired) electrons. The number of ether oxygens (including phenoxy) is 1. The van der Waals surface area contributed by atoms with Gasteiger partial charge in [0, 0.05) is 29.0 Å². The molecule has 1 fully saturated rings. The molecule has 4 nitrogen and oxygen atoms in total. The Labute approximate surface area is 109 Å². The number of aromatic nitrogens is 1. The molecule has 1 aliphatic rings. The maximum Gasteiger partial charge on any atom is 0.357 e. The largest absolute Gasteiger partial charge is 0.464 e. The molecule has 6 heteroatoms. The molecule has 0 amide bonds. The van der Waals surface area contributed by atoms with Crippen LogP contribution in [0.3, 0.4) is 0 Å². The molecule has 0 spiro atoms. The van der Waals surface area contributed by atoms with Crippen molar-refractivity contribution in [3.8, 4) is 0 Å². The number of nitrogens with zero attached hydrogens (tertiary/aromatic N) is 2. The third kappa shape index (κ3) is 2.57. The first-order valence-electron chi connectivity index (χ1n) is 5.55. The molecule has 2 atom stereocenters. The maximum absolute atomic E-state index is 11.4. The minimum absolute atomic E-state index is 0.361. The Morgan fingerprint density at radius 3 is 3.06 bits per heavy atom. The van der Waals surface area contributed by atoms with E-state index in [0.29, 0.717) is 17.0 Å². The number of esters is 1. The van der Waals surface area contributed by atoms with Crippen molar-refractivity contribution in [2.45, 2.75) is 25.1 Å². The zero-order valence-electron chi connectivity index (χ0n) is 10.2. The van der Waals surface area contributed by atoms with Gasteiger partial charge in [-0.25, -0.2) is 9.78 Å². The lowest BCUT2D eigenvalue weighted by molar-refractivity contribution is 0.0595. The Morgan fingerprint density at radius 2 is 2.35 bits per heavy atom. The Balaban J connectivity index is 2.16. The van der Waals surface area contributed by atoms with Crippen molar-refractivity contribution in [3.63, 3.8) is 0 Å². The number of hydrogen-bond donors (Lipinski definition) is 0. The van der Waals surface area contributed by atoms with E-state index in [-0.39, 0.29) is 5.97 Å². The summed E-state index contributed by atoms with van der Waals surface area (Å²) in [5.41, 5.74) is 0.408. The summed E-state index contributed by atoms with van der Waals surface area (Å²) in [5, 5.41) is 3.28. The fourth-order valence-electron chi connectivity index (χ4n) is 1.80. The zero-order chi connectivity index (χ0) is 12.4. The van der Waals surface area contributed by atoms with Gasteiger partial charge in [-0.15, -0.1) is 11.3 Å². The fourth-order valence-corrected chi connectivity index (χ4v) is 3.81. The van der Waals surface area contributed by atoms with Crippen LogP contribution >= 0.6 is 23.1 Å². The van der Waals surface area contributed by atoms with Crippen molar-refractivity contribution in [2.75, 3.05) is 24.3 Å². The van der Waals surface area contributed by atoms with E-state index in [1.54, 1.807) is 5.38 Å². The van der Waals surface area contributed by atoms with Crippen LogP contribution in [0.4, 0.5) is 5.13 Å². The van der Waals surface area contributed by atoms with Crippen molar-refractivity contribution < 1.29 is 9.53 Å². The summed E-state index contributed by atoms with van der Waals surface area (Å²) in [5.74, 6) is 0.748. The summed E-state index contributed by atoms with van der Waals surface area (Å²) in [6.07, 6.45) is 0. The molecule has 2 unspecified atom stereocenters. The van der Waals surface area contributed by atoms with Crippen LogP contribution in [0.25, 0.3) is 0 Å². The van der Waals surface area contributed by atoms with Gasteiger partial charge in [-0.1, -0.05) is 6.92 Å². The minimum Gasteiger partial charge on any atom is -0.464 e. The van der Waals surface area contributed by atoms with E-state index < -0.39 is 0 Å². The molecule has 17 heavy (non-hydrogen) atoms. The lowest BCUT2D eigenvalue weighted by Gasteiger charge is -2.37. The second-order valence-corrected chi connectivity index (χ2v) is 6.34. The lowest BCUT2D eigenvalue weighted by Crippen LogP contribution is -2.44. The minimum atomic E-state index is -0.361. The molecule has 1 aromatic rings. The smallest absolute Gasteiger partial charge is 0.357 e. The number of thioether (sulfide) groups is 1. The first-order valence-corrected chi connectivity index (χ1v) is 7.48. The summed E-state index contributed by atoms with van der Waals surface area (Å²) in [4.78, 5) is 18.0. The van der Waals surface area contributed by atoms with E-state index >= 15 is 0 Å². The molecule has 1 saturated heterocycles. The van der Waals surface area contributed by atoms with Gasteiger partial charge in [-0.05, 0) is 6.92 Å². The second kappa shape index (κ2) is 5.27. The van der Waals surface area contributed by atoms with Gasteiger partial charge >= 0.3 is 5.97 Å². The molecule has 1 aromatic heterocycles. The second-order valence-electron chi connectivity index (χ2n) is 4.02. The van der Waals surface area contributed by atoms with Crippen LogP contribution < -0.4 is 4.90 Å². The van der Waals surface area contributed by atoms with E-state index in [1.165, 1.54) is 18.4 Å². The van der Waals surface area contributed by atoms with E-state index in [1.807, 2.05) is 11.8 Å². The van der Waals surface area contributed by atoms with Crippen molar-refractivity contribution in [1.82, 2.24) is 4.98 Å². The number of rotatable bonds is 2. The summed E-state index contributed by atoms with van der Waals surface area (Å²) in [7, 11) is 1.38. The summed E-state index contributed by atoms with van der Waals surface area (Å²) >= 11 is 3.50. The van der Waals surface area contributed by atoms with Crippen molar-refractivity contribution in [2.24, 2.45) is 0 Å². The molecule has 2 heterocycles. The Morgan fingerprint density at radius 1 is 1.59 bits per heavy atom. The average molecular weight is 272 g/mol. The molecular weight excluding hydrogens is 256 g/mol. The third-order valence-electron chi connectivity index (χ3n) is 3.02. The third-order valence-corrected chi connectivity index (χ3v) is 5.23. The van der Waals surface area contributed by atoms with Crippen LogP contribution in [0, 0.1) is 0 Å². The van der Waals surface area contributed by atoms with Gasteiger partial charge in [-0.2, -0.15) is 11.8 Å². The van der Waals surface area contributed by atoms with Gasteiger partial charge in [0.15, 0.2) is 10.8 Å². The number of carbonyl (C=O) groups excluding carboxylic acids is 1. The molecule has 1 aliphatic heterocycles. The Kier molecular flexibility index (Phi) is 3.93. The van der Waals surface area contributed by atoms with Crippen molar-refractivity contribution in [3.05, 3.63) is 11.1 Å². The van der Waals surface area contributed by atoms with Crippen molar-refractivity contribution >= 4 is 34.2 Å². The monoisotopic (exact) mass is 272 g/mol. The molecule has 0 saturated carbocycles. The van der Waals surface area contributed by atoms with Gasteiger partial charge < -0.3 is 9.64 Å². The van der Waals surface area contributed by atoms with E-state index in [2.05, 4.69) is 28.5 Å². The number of hydrogen-bond acceptors (Lipinski definition) is 6. The van der Waals surface area contributed by atoms with Gasteiger partial charge in [0.25, 0.3) is 0 Å². The van der Waals surface area contributed by atoms with Crippen LogP contribution in [0.2, 0.25) is 0 Å². The van der Waals surface area contributed by atoms with Gasteiger partial charge in [0.1, 0.15) is 0 Å². The number of carbonyl (C=O) groups is 1. The number of thiazole rings is 1. The molecule has 0 bridgehead atoms. The maximum atomic E-state index is 11.4. The van der Waals surface area contributed by atoms with Gasteiger partial charge in [0.05, 0.1) is 7.11 Å². The molecule has 0 N–H and O–H groups in total. The lowest BCUT2D eigenvalue weighted by atomic mass is 10.2. The van der Waals surface area contributed by atoms with Crippen LogP contribution in [0.5, 0.6) is 0 Å². The summed E-state index contributed by atoms with van der Waals surface area (Å²) < 4.78 is 4.67. The average Bonchev–Trinajstić information content (AvgIpc) is 2.81. The summed E-state index contributed by atoms with van der Waals surface area (Å²) in [6.45, 7) is 5.43. The molecule has 94 valence electrons. The standard InChI is InChI=1S/C11H16N2O2S2/c1-7-8(2)16-5-4-13(7)11-12-9(6-17-11)10(14)15-3/h6-8H,4-5H2,1-3H3. The normalized spacial score (nSPS) is 24.8. The van der Waals surface area contributed by atoms with E-state index in [9.17, 15) is 4.79 Å². The van der Waals surface area contributed by atoms with Crippen LogP contribution in [0.15, 0.2) is 5.38 Å². The number of anilines is 1. The van der Waals surface area contributed by atoms with Crippen LogP contribution in [0.1, 0.15) is 24.3 Å². The van der Waals surface area contributed by atoms with Gasteiger partial charge in [0.2, 0.25) is 0 Å². The zero-order valence-corrected chi connectivity index (χ0v) is 11.8. The Hall–Kier alpha value is -0.750.